The van der Waals surface area contributed by atoms with Crippen molar-refractivity contribution in [2.45, 2.75) is 19.3 Å². The molecule has 1 amide bonds. The number of carbonyl (C=O) groups excluding carboxylic acids is 1. The van der Waals surface area contributed by atoms with Crippen LogP contribution in [0.1, 0.15) is 24.0 Å². The predicted octanol–water partition coefficient (Wildman–Crippen LogP) is 2.96. The molecule has 0 radical (unpaired) electrons. The van der Waals surface area contributed by atoms with E-state index in [1.165, 1.54) is 11.1 Å². The summed E-state index contributed by atoms with van der Waals surface area (Å²) in [6.45, 7) is 2.65. The second-order valence-electron chi connectivity index (χ2n) is 5.13. The van der Waals surface area contributed by atoms with Crippen molar-refractivity contribution < 1.29 is 4.79 Å². The third-order valence-electron chi connectivity index (χ3n) is 3.92. The van der Waals surface area contributed by atoms with Gasteiger partial charge in [0.25, 0.3) is 0 Å². The molecule has 0 spiro atoms. The number of nitrogen functional groups attached to an aromatic ring is 1. The van der Waals surface area contributed by atoms with Crippen molar-refractivity contribution >= 4 is 17.3 Å². The van der Waals surface area contributed by atoms with E-state index in [2.05, 4.69) is 12.1 Å². The summed E-state index contributed by atoms with van der Waals surface area (Å²) in [6, 6.07) is 15.7. The third-order valence-corrected chi connectivity index (χ3v) is 3.92. The molecule has 0 saturated heterocycles. The minimum Gasteiger partial charge on any atom is -0.399 e. The summed E-state index contributed by atoms with van der Waals surface area (Å²) >= 11 is 0. The molecule has 0 aliphatic heterocycles. The summed E-state index contributed by atoms with van der Waals surface area (Å²) in [4.78, 5) is 14.5. The fourth-order valence-corrected chi connectivity index (χ4v) is 2.83. The normalized spacial score (nSPS) is 16.1. The molecule has 102 valence electrons. The topological polar surface area (TPSA) is 46.3 Å². The monoisotopic (exact) mass is 266 g/mol. The number of nitrogens with zero attached hydrogens (tertiary/aromatic N) is 1. The van der Waals surface area contributed by atoms with Crippen LogP contribution < -0.4 is 10.6 Å². The molecule has 2 aromatic carbocycles. The van der Waals surface area contributed by atoms with E-state index >= 15 is 0 Å². The average molecular weight is 266 g/mol. The second-order valence-corrected chi connectivity index (χ2v) is 5.13. The zero-order valence-electron chi connectivity index (χ0n) is 11.5. The Kier molecular flexibility index (Phi) is 3.18. The van der Waals surface area contributed by atoms with Crippen LogP contribution in [0.4, 0.5) is 11.4 Å². The molecular formula is C17H18N2O. The van der Waals surface area contributed by atoms with Crippen LogP contribution >= 0.6 is 0 Å². The van der Waals surface area contributed by atoms with Crippen LogP contribution in [0.15, 0.2) is 48.5 Å². The smallest absolute Gasteiger partial charge is 0.234 e. The Balaban J connectivity index is 1.86. The minimum absolute atomic E-state index is 0.00687. The van der Waals surface area contributed by atoms with Gasteiger partial charge < -0.3 is 10.6 Å². The Bertz CT molecular complexity index is 651. The number of hydrogen-bond donors (Lipinski definition) is 1. The lowest BCUT2D eigenvalue weighted by Crippen LogP contribution is -2.39. The molecule has 3 nitrogen and oxygen atoms in total. The number of amides is 1. The summed E-state index contributed by atoms with van der Waals surface area (Å²) < 4.78 is 0. The number of fused-ring (bicyclic) bond motifs is 1. The van der Waals surface area contributed by atoms with Gasteiger partial charge in [0.1, 0.15) is 0 Å². The van der Waals surface area contributed by atoms with Gasteiger partial charge in [-0.2, -0.15) is 0 Å². The zero-order valence-corrected chi connectivity index (χ0v) is 11.5. The van der Waals surface area contributed by atoms with Crippen molar-refractivity contribution in [2.24, 2.45) is 0 Å². The van der Waals surface area contributed by atoms with E-state index < -0.39 is 0 Å². The van der Waals surface area contributed by atoms with Crippen molar-refractivity contribution in [2.75, 3.05) is 17.2 Å². The highest BCUT2D eigenvalue weighted by Crippen LogP contribution is 2.37. The molecule has 0 heterocycles. The van der Waals surface area contributed by atoms with E-state index in [9.17, 15) is 4.79 Å². The van der Waals surface area contributed by atoms with E-state index in [1.54, 1.807) is 0 Å². The Morgan fingerprint density at radius 3 is 2.75 bits per heavy atom. The van der Waals surface area contributed by atoms with Gasteiger partial charge in [-0.1, -0.05) is 30.3 Å². The molecule has 2 N–H and O–H groups in total. The number of benzene rings is 2. The van der Waals surface area contributed by atoms with Gasteiger partial charge in [-0.05, 0) is 42.7 Å². The Hall–Kier alpha value is -2.29. The second kappa shape index (κ2) is 5.00. The van der Waals surface area contributed by atoms with Gasteiger partial charge in [0, 0.05) is 17.9 Å². The predicted molar refractivity (Wildman–Crippen MR) is 81.8 cm³/mol. The molecular weight excluding hydrogens is 248 g/mol. The maximum absolute atomic E-state index is 12.7. The summed E-state index contributed by atoms with van der Waals surface area (Å²) in [5, 5.41) is 0. The van der Waals surface area contributed by atoms with E-state index in [4.69, 9.17) is 5.73 Å². The van der Waals surface area contributed by atoms with Gasteiger partial charge in [0.2, 0.25) is 5.91 Å². The summed E-state index contributed by atoms with van der Waals surface area (Å²) in [5.41, 5.74) is 9.83. The molecule has 0 fully saturated rings. The molecule has 1 atom stereocenters. The van der Waals surface area contributed by atoms with Gasteiger partial charge in [0.15, 0.2) is 0 Å². The standard InChI is InChI=1S/C17H18N2O/c1-2-19(14-8-5-7-13(18)11-14)17(20)16-10-12-6-3-4-9-15(12)16/h3-9,11,16H,2,10,18H2,1H3. The van der Waals surface area contributed by atoms with Crippen molar-refractivity contribution in [1.29, 1.82) is 0 Å². The van der Waals surface area contributed by atoms with Gasteiger partial charge in [-0.15, -0.1) is 0 Å². The number of carbonyl (C=O) groups is 1. The number of likely N-dealkylation sites (N-methyl/N-ethyl adjacent to an activating group) is 1. The number of hydrogen-bond acceptors (Lipinski definition) is 2. The highest BCUT2D eigenvalue weighted by molar-refractivity contribution is 6.00. The van der Waals surface area contributed by atoms with Crippen molar-refractivity contribution in [3.05, 3.63) is 59.7 Å². The van der Waals surface area contributed by atoms with Gasteiger partial charge in [-0.25, -0.2) is 0 Å². The lowest BCUT2D eigenvalue weighted by Gasteiger charge is -2.33. The van der Waals surface area contributed by atoms with E-state index in [0.29, 0.717) is 12.2 Å². The minimum atomic E-state index is -0.00687. The molecule has 0 aromatic heterocycles. The summed E-state index contributed by atoms with van der Waals surface area (Å²) in [6.07, 6.45) is 0.841. The maximum atomic E-state index is 12.7. The summed E-state index contributed by atoms with van der Waals surface area (Å²) in [7, 11) is 0. The van der Waals surface area contributed by atoms with E-state index in [1.807, 2.05) is 48.2 Å². The molecule has 1 aliphatic rings. The van der Waals surface area contributed by atoms with Crippen molar-refractivity contribution in [3.63, 3.8) is 0 Å². The first-order valence-corrected chi connectivity index (χ1v) is 6.95. The van der Waals surface area contributed by atoms with Crippen LogP contribution in [-0.2, 0) is 11.2 Å². The SMILES string of the molecule is CCN(C(=O)C1Cc2ccccc21)c1cccc(N)c1. The molecule has 0 bridgehead atoms. The van der Waals surface area contributed by atoms with Crippen LogP contribution in [0.2, 0.25) is 0 Å². The van der Waals surface area contributed by atoms with Crippen LogP contribution in [-0.4, -0.2) is 12.5 Å². The highest BCUT2D eigenvalue weighted by atomic mass is 16.2. The first-order valence-electron chi connectivity index (χ1n) is 6.95. The van der Waals surface area contributed by atoms with Crippen LogP contribution in [0.5, 0.6) is 0 Å². The number of anilines is 2. The van der Waals surface area contributed by atoms with Gasteiger partial charge >= 0.3 is 0 Å². The summed E-state index contributed by atoms with van der Waals surface area (Å²) in [5.74, 6) is 0.157. The lowest BCUT2D eigenvalue weighted by molar-refractivity contribution is -0.120. The number of rotatable bonds is 3. The fraction of sp³-hybridized carbons (Fsp3) is 0.235. The van der Waals surface area contributed by atoms with Crippen molar-refractivity contribution in [3.8, 4) is 0 Å². The van der Waals surface area contributed by atoms with Crippen LogP contribution in [0.25, 0.3) is 0 Å². The number of nitrogens with two attached hydrogens (primary N) is 1. The maximum Gasteiger partial charge on any atom is 0.234 e. The molecule has 1 unspecified atom stereocenters. The highest BCUT2D eigenvalue weighted by Gasteiger charge is 2.34. The Labute approximate surface area is 119 Å². The van der Waals surface area contributed by atoms with Gasteiger partial charge in [-0.3, -0.25) is 4.79 Å². The van der Waals surface area contributed by atoms with Crippen molar-refractivity contribution in [1.82, 2.24) is 0 Å². The molecule has 2 aromatic rings. The Morgan fingerprint density at radius 1 is 1.25 bits per heavy atom. The quantitative estimate of drug-likeness (QED) is 0.868. The van der Waals surface area contributed by atoms with Crippen LogP contribution in [0.3, 0.4) is 0 Å². The fourth-order valence-electron chi connectivity index (χ4n) is 2.83. The van der Waals surface area contributed by atoms with Crippen LogP contribution in [0, 0.1) is 0 Å². The van der Waals surface area contributed by atoms with Gasteiger partial charge in [0.05, 0.1) is 5.92 Å². The molecule has 20 heavy (non-hydrogen) atoms. The molecule has 1 aliphatic carbocycles. The molecule has 0 saturated carbocycles. The zero-order chi connectivity index (χ0) is 14.1. The molecule has 3 rings (SSSR count). The van der Waals surface area contributed by atoms with E-state index in [-0.39, 0.29) is 11.8 Å². The Morgan fingerprint density at radius 2 is 2.05 bits per heavy atom. The van der Waals surface area contributed by atoms with E-state index in [0.717, 1.165) is 12.1 Å². The largest absolute Gasteiger partial charge is 0.399 e. The molecule has 3 heteroatoms. The lowest BCUT2D eigenvalue weighted by atomic mass is 9.77. The third kappa shape index (κ3) is 2.05. The first kappa shape index (κ1) is 12.7. The first-order chi connectivity index (χ1) is 9.70. The average Bonchev–Trinajstić information content (AvgIpc) is 2.41.